The van der Waals surface area contributed by atoms with Gasteiger partial charge in [-0.2, -0.15) is 0 Å². The van der Waals surface area contributed by atoms with Gasteiger partial charge in [0, 0.05) is 22.6 Å². The first-order chi connectivity index (χ1) is 12.0. The molecule has 0 N–H and O–H groups in total. The van der Waals surface area contributed by atoms with Gasteiger partial charge in [0.15, 0.2) is 0 Å². The van der Waals surface area contributed by atoms with Crippen LogP contribution in [0.5, 0.6) is 0 Å². The highest BCUT2D eigenvalue weighted by atomic mass is 19.1. The second-order valence-electron chi connectivity index (χ2n) is 7.78. The van der Waals surface area contributed by atoms with Crippen molar-refractivity contribution in [3.63, 3.8) is 0 Å². The summed E-state index contributed by atoms with van der Waals surface area (Å²) in [7, 11) is 0. The van der Waals surface area contributed by atoms with Crippen molar-refractivity contribution in [2.45, 2.75) is 46.0 Å². The maximum atomic E-state index is 15.4. The maximum Gasteiger partial charge on any atom is 0.126 e. The van der Waals surface area contributed by atoms with Gasteiger partial charge in [-0.3, -0.25) is 4.98 Å². The molecule has 0 aliphatic heterocycles. The minimum Gasteiger partial charge on any atom is -0.256 e. The van der Waals surface area contributed by atoms with Crippen molar-refractivity contribution in [3.05, 3.63) is 70.8 Å². The minimum absolute atomic E-state index is 0.0231. The number of hydrogen-bond acceptors (Lipinski definition) is 1. The first-order valence-corrected chi connectivity index (χ1v) is 9.06. The highest BCUT2D eigenvalue weighted by Gasteiger charge is 2.42. The molecule has 0 fully saturated rings. The third kappa shape index (κ3) is 2.23. The van der Waals surface area contributed by atoms with Gasteiger partial charge in [0.05, 0.1) is 5.69 Å². The molecular weight excluding hydrogens is 309 g/mol. The quantitative estimate of drug-likeness (QED) is 0.571. The number of rotatable bonds is 2. The molecular formula is C23H24FN. The maximum absolute atomic E-state index is 15.4. The van der Waals surface area contributed by atoms with Gasteiger partial charge in [-0.15, -0.1) is 0 Å². The van der Waals surface area contributed by atoms with Crippen molar-refractivity contribution in [2.75, 3.05) is 0 Å². The first-order valence-electron chi connectivity index (χ1n) is 9.06. The van der Waals surface area contributed by atoms with E-state index in [1.54, 1.807) is 0 Å². The van der Waals surface area contributed by atoms with E-state index in [2.05, 4.69) is 50.3 Å². The molecule has 2 aromatic rings. The molecule has 1 atom stereocenters. The number of hydrogen-bond donors (Lipinski definition) is 0. The standard InChI is InChI=1S/C23H24FN/c1-5-6-8-16-13-14(2)21(24)20-19(16)22-18-15(11-12-25-22)9-7-10-17(18)23(20,3)4/h5-7,9-12,16H,8,13H2,1-4H3. The summed E-state index contributed by atoms with van der Waals surface area (Å²) < 4.78 is 15.4. The van der Waals surface area contributed by atoms with E-state index >= 15 is 4.39 Å². The average molecular weight is 333 g/mol. The molecule has 0 spiro atoms. The predicted octanol–water partition coefficient (Wildman–Crippen LogP) is 6.51. The van der Waals surface area contributed by atoms with Crippen LogP contribution in [0.4, 0.5) is 4.39 Å². The molecule has 128 valence electrons. The smallest absolute Gasteiger partial charge is 0.126 e. The van der Waals surface area contributed by atoms with Gasteiger partial charge in [-0.05, 0) is 60.8 Å². The molecule has 0 amide bonds. The molecule has 1 aromatic carbocycles. The summed E-state index contributed by atoms with van der Waals surface area (Å²) in [4.78, 5) is 4.73. The lowest BCUT2D eigenvalue weighted by atomic mass is 9.63. The van der Waals surface area contributed by atoms with Gasteiger partial charge < -0.3 is 0 Å². The third-order valence-corrected chi connectivity index (χ3v) is 5.83. The van der Waals surface area contributed by atoms with E-state index in [0.717, 1.165) is 35.3 Å². The Hall–Kier alpha value is -2.22. The fourth-order valence-electron chi connectivity index (χ4n) is 4.61. The fourth-order valence-corrected chi connectivity index (χ4v) is 4.61. The van der Waals surface area contributed by atoms with E-state index in [0.29, 0.717) is 0 Å². The highest BCUT2D eigenvalue weighted by molar-refractivity contribution is 6.00. The van der Waals surface area contributed by atoms with Gasteiger partial charge in [-0.25, -0.2) is 4.39 Å². The van der Waals surface area contributed by atoms with Crippen molar-refractivity contribution >= 4 is 16.3 Å². The fraction of sp³-hybridized carbons (Fsp3) is 0.348. The second kappa shape index (κ2) is 5.66. The number of aromatic nitrogens is 1. The van der Waals surface area contributed by atoms with Crippen LogP contribution in [-0.4, -0.2) is 4.98 Å². The Bertz CT molecular complexity index is 954. The number of halogens is 1. The highest BCUT2D eigenvalue weighted by Crippen LogP contribution is 2.54. The normalized spacial score (nSPS) is 22.0. The Morgan fingerprint density at radius 2 is 2.08 bits per heavy atom. The lowest BCUT2D eigenvalue weighted by Crippen LogP contribution is -2.31. The summed E-state index contributed by atoms with van der Waals surface area (Å²) in [5.41, 5.74) is 4.65. The number of fused-ring (bicyclic) bond motifs is 1. The Morgan fingerprint density at radius 1 is 1.28 bits per heavy atom. The van der Waals surface area contributed by atoms with Crippen LogP contribution in [0.15, 0.2) is 59.6 Å². The van der Waals surface area contributed by atoms with Crippen LogP contribution < -0.4 is 0 Å². The largest absolute Gasteiger partial charge is 0.256 e. The van der Waals surface area contributed by atoms with Crippen LogP contribution in [-0.2, 0) is 5.41 Å². The molecule has 1 nitrogen and oxygen atoms in total. The molecule has 0 radical (unpaired) electrons. The van der Waals surface area contributed by atoms with Crippen LogP contribution in [0.25, 0.3) is 16.3 Å². The van der Waals surface area contributed by atoms with E-state index < -0.39 is 0 Å². The molecule has 1 aromatic heterocycles. The van der Waals surface area contributed by atoms with E-state index in [1.807, 2.05) is 20.0 Å². The third-order valence-electron chi connectivity index (χ3n) is 5.83. The number of allylic oxidation sites excluding steroid dienone is 6. The Kier molecular flexibility index (Phi) is 3.68. The van der Waals surface area contributed by atoms with Crippen LogP contribution in [0.3, 0.4) is 0 Å². The summed E-state index contributed by atoms with van der Waals surface area (Å²) in [6.45, 7) is 8.28. The molecule has 0 bridgehead atoms. The van der Waals surface area contributed by atoms with Crippen LogP contribution >= 0.6 is 0 Å². The molecule has 0 saturated carbocycles. The van der Waals surface area contributed by atoms with Crippen molar-refractivity contribution < 1.29 is 4.39 Å². The number of nitrogens with zero attached hydrogens (tertiary/aromatic N) is 1. The summed E-state index contributed by atoms with van der Waals surface area (Å²) in [5.74, 6) is 0.265. The summed E-state index contributed by atoms with van der Waals surface area (Å²) >= 11 is 0. The van der Waals surface area contributed by atoms with Crippen molar-refractivity contribution in [1.29, 1.82) is 0 Å². The van der Waals surface area contributed by atoms with Gasteiger partial charge in [-0.1, -0.05) is 44.2 Å². The molecule has 25 heavy (non-hydrogen) atoms. The predicted molar refractivity (Wildman–Crippen MR) is 103 cm³/mol. The van der Waals surface area contributed by atoms with Crippen molar-refractivity contribution in [1.82, 2.24) is 4.98 Å². The summed E-state index contributed by atoms with van der Waals surface area (Å²) in [5, 5.41) is 2.39. The lowest BCUT2D eigenvalue weighted by molar-refractivity contribution is 0.511. The molecule has 2 aliphatic carbocycles. The Morgan fingerprint density at radius 3 is 2.84 bits per heavy atom. The van der Waals surface area contributed by atoms with Gasteiger partial charge in [0.2, 0.25) is 0 Å². The Labute approximate surface area is 149 Å². The van der Waals surface area contributed by atoms with Crippen LogP contribution in [0, 0.1) is 5.92 Å². The second-order valence-corrected chi connectivity index (χ2v) is 7.78. The van der Waals surface area contributed by atoms with Gasteiger partial charge in [0.1, 0.15) is 5.83 Å². The molecule has 1 unspecified atom stereocenters. The number of benzene rings is 1. The average Bonchev–Trinajstić information content (AvgIpc) is 2.60. The lowest BCUT2D eigenvalue weighted by Gasteiger charge is -2.41. The van der Waals surface area contributed by atoms with Crippen LogP contribution in [0.1, 0.15) is 51.8 Å². The van der Waals surface area contributed by atoms with Gasteiger partial charge >= 0.3 is 0 Å². The zero-order chi connectivity index (χ0) is 17.8. The van der Waals surface area contributed by atoms with E-state index in [4.69, 9.17) is 4.98 Å². The first kappa shape index (κ1) is 16.3. The van der Waals surface area contributed by atoms with E-state index in [9.17, 15) is 0 Å². The zero-order valence-corrected chi connectivity index (χ0v) is 15.4. The molecule has 1 heterocycles. The summed E-state index contributed by atoms with van der Waals surface area (Å²) in [6, 6.07) is 8.40. The molecule has 2 aliphatic rings. The monoisotopic (exact) mass is 333 g/mol. The molecule has 2 heteroatoms. The SMILES string of the molecule is CC=CCC1CC(C)=C(F)C2=C1c1nccc3cccc(c13)C2(C)C. The van der Waals surface area contributed by atoms with Gasteiger partial charge in [0.25, 0.3) is 0 Å². The minimum atomic E-state index is -0.356. The van der Waals surface area contributed by atoms with Crippen molar-refractivity contribution in [3.8, 4) is 0 Å². The van der Waals surface area contributed by atoms with E-state index in [-0.39, 0.29) is 17.2 Å². The van der Waals surface area contributed by atoms with Crippen LogP contribution in [0.2, 0.25) is 0 Å². The topological polar surface area (TPSA) is 12.9 Å². The number of pyridine rings is 1. The Balaban J connectivity index is 2.10. The van der Waals surface area contributed by atoms with E-state index in [1.165, 1.54) is 16.3 Å². The summed E-state index contributed by atoms with van der Waals surface area (Å²) in [6.07, 6.45) is 7.83. The molecule has 4 rings (SSSR count). The zero-order valence-electron chi connectivity index (χ0n) is 15.4. The van der Waals surface area contributed by atoms with Crippen molar-refractivity contribution in [2.24, 2.45) is 5.92 Å². The molecule has 0 saturated heterocycles.